The maximum Gasteiger partial charge on any atom is 0.164 e. The van der Waals surface area contributed by atoms with E-state index in [9.17, 15) is 4.39 Å². The van der Waals surface area contributed by atoms with Gasteiger partial charge in [-0.3, -0.25) is 0 Å². The number of ether oxygens (including phenoxy) is 1. The van der Waals surface area contributed by atoms with Crippen molar-refractivity contribution < 1.29 is 9.13 Å². The Morgan fingerprint density at radius 2 is 2.30 bits per heavy atom. The van der Waals surface area contributed by atoms with Gasteiger partial charge >= 0.3 is 0 Å². The molecule has 0 aliphatic carbocycles. The number of hydrogen-bond acceptors (Lipinski definition) is 4. The predicted octanol–water partition coefficient (Wildman–Crippen LogP) is 1.85. The van der Waals surface area contributed by atoms with Crippen LogP contribution in [0.3, 0.4) is 0 Å². The summed E-state index contributed by atoms with van der Waals surface area (Å²) in [5.74, 6) is 0.284. The number of aromatic nitrogens is 3. The molecule has 2 rings (SSSR count). The molecule has 0 radical (unpaired) electrons. The molecule has 1 aromatic heterocycles. The zero-order valence-electron chi connectivity index (χ0n) is 11.1. The smallest absolute Gasteiger partial charge is 0.164 e. The molecule has 0 aliphatic heterocycles. The highest BCUT2D eigenvalue weighted by atomic mass is 35.5. The fourth-order valence-corrected chi connectivity index (χ4v) is 1.89. The summed E-state index contributed by atoms with van der Waals surface area (Å²) in [6.07, 6.45) is 1.64. The van der Waals surface area contributed by atoms with Crippen molar-refractivity contribution in [1.82, 2.24) is 20.1 Å². The van der Waals surface area contributed by atoms with Crippen LogP contribution >= 0.6 is 11.6 Å². The van der Waals surface area contributed by atoms with Crippen LogP contribution in [-0.4, -0.2) is 35.0 Å². The minimum Gasteiger partial charge on any atom is -0.383 e. The van der Waals surface area contributed by atoms with Crippen LogP contribution < -0.4 is 5.32 Å². The Hall–Kier alpha value is -1.50. The molecule has 0 saturated carbocycles. The van der Waals surface area contributed by atoms with Gasteiger partial charge in [0.2, 0.25) is 0 Å². The van der Waals surface area contributed by atoms with Gasteiger partial charge in [0, 0.05) is 13.7 Å². The van der Waals surface area contributed by atoms with E-state index in [1.807, 2.05) is 0 Å². The van der Waals surface area contributed by atoms with E-state index in [0.717, 1.165) is 12.1 Å². The first-order valence-electron chi connectivity index (χ1n) is 6.21. The molecule has 0 spiro atoms. The van der Waals surface area contributed by atoms with Crippen LogP contribution in [0.4, 0.5) is 4.39 Å². The summed E-state index contributed by atoms with van der Waals surface area (Å²) in [6.45, 7) is 2.49. The summed E-state index contributed by atoms with van der Waals surface area (Å²) in [5, 5.41) is 7.60. The first-order valence-corrected chi connectivity index (χ1v) is 6.58. The van der Waals surface area contributed by atoms with E-state index < -0.39 is 5.82 Å². The van der Waals surface area contributed by atoms with Crippen molar-refractivity contribution in [2.75, 3.05) is 20.3 Å². The van der Waals surface area contributed by atoms with Crippen LogP contribution in [0, 0.1) is 5.82 Å². The maximum atomic E-state index is 13.1. The van der Waals surface area contributed by atoms with E-state index in [0.29, 0.717) is 25.5 Å². The highest BCUT2D eigenvalue weighted by Crippen LogP contribution is 2.16. The third kappa shape index (κ3) is 4.26. The van der Waals surface area contributed by atoms with E-state index in [1.54, 1.807) is 30.3 Å². The molecular weight excluding hydrogens is 283 g/mol. The molecule has 0 aliphatic rings. The second-order valence-corrected chi connectivity index (χ2v) is 4.68. The molecule has 108 valence electrons. The van der Waals surface area contributed by atoms with Crippen LogP contribution in [0.25, 0.3) is 0 Å². The number of nitrogens with one attached hydrogen (secondary N) is 1. The van der Waals surface area contributed by atoms with Gasteiger partial charge in [-0.15, -0.1) is 0 Å². The van der Waals surface area contributed by atoms with Crippen molar-refractivity contribution in [3.63, 3.8) is 0 Å². The van der Waals surface area contributed by atoms with Gasteiger partial charge in [0.05, 0.1) is 24.7 Å². The van der Waals surface area contributed by atoms with Crippen LogP contribution in [0.2, 0.25) is 5.02 Å². The lowest BCUT2D eigenvalue weighted by molar-refractivity contribution is 0.199. The average molecular weight is 299 g/mol. The number of nitrogens with zero attached hydrogens (tertiary/aromatic N) is 3. The van der Waals surface area contributed by atoms with Gasteiger partial charge < -0.3 is 10.1 Å². The summed E-state index contributed by atoms with van der Waals surface area (Å²) in [6, 6.07) is 4.62. The van der Waals surface area contributed by atoms with E-state index in [2.05, 4.69) is 15.4 Å². The first-order chi connectivity index (χ1) is 9.69. The Balaban J connectivity index is 1.90. The molecule has 0 amide bonds. The van der Waals surface area contributed by atoms with Gasteiger partial charge in [-0.2, -0.15) is 5.10 Å². The Kier molecular flexibility index (Phi) is 5.46. The van der Waals surface area contributed by atoms with Crippen LogP contribution in [0.5, 0.6) is 0 Å². The predicted molar refractivity (Wildman–Crippen MR) is 74.1 cm³/mol. The van der Waals surface area contributed by atoms with Crippen molar-refractivity contribution in [2.24, 2.45) is 0 Å². The van der Waals surface area contributed by atoms with Crippen molar-refractivity contribution >= 4 is 11.6 Å². The number of benzene rings is 1. The highest BCUT2D eigenvalue weighted by Gasteiger charge is 2.04. The number of rotatable bonds is 7. The average Bonchev–Trinajstić information content (AvgIpc) is 2.87. The molecule has 0 fully saturated rings. The Bertz CT molecular complexity index is 561. The lowest BCUT2D eigenvalue weighted by Gasteiger charge is -2.03. The summed E-state index contributed by atoms with van der Waals surface area (Å²) < 4.78 is 19.7. The first kappa shape index (κ1) is 14.9. The standard InChI is InChI=1S/C13H16ClFN4O/c1-20-5-4-16-7-13-17-9-19(18-13)8-10-2-3-12(15)11(14)6-10/h2-3,6,9,16H,4-5,7-8H2,1H3. The number of halogens is 2. The Labute approximate surface area is 121 Å². The summed E-state index contributed by atoms with van der Waals surface area (Å²) >= 11 is 5.74. The molecule has 0 saturated heterocycles. The van der Waals surface area contributed by atoms with E-state index >= 15 is 0 Å². The zero-order valence-corrected chi connectivity index (χ0v) is 11.9. The molecule has 0 atom stereocenters. The van der Waals surface area contributed by atoms with Gasteiger partial charge in [0.1, 0.15) is 12.1 Å². The maximum absolute atomic E-state index is 13.1. The molecule has 5 nitrogen and oxygen atoms in total. The van der Waals surface area contributed by atoms with Crippen LogP contribution in [0.1, 0.15) is 11.4 Å². The minimum absolute atomic E-state index is 0.115. The highest BCUT2D eigenvalue weighted by molar-refractivity contribution is 6.30. The second kappa shape index (κ2) is 7.33. The topological polar surface area (TPSA) is 52.0 Å². The quantitative estimate of drug-likeness (QED) is 0.793. The molecule has 1 aromatic carbocycles. The van der Waals surface area contributed by atoms with Gasteiger partial charge in [-0.25, -0.2) is 14.1 Å². The van der Waals surface area contributed by atoms with Crippen molar-refractivity contribution in [2.45, 2.75) is 13.1 Å². The van der Waals surface area contributed by atoms with Gasteiger partial charge in [0.25, 0.3) is 0 Å². The molecule has 1 heterocycles. The zero-order chi connectivity index (χ0) is 14.4. The van der Waals surface area contributed by atoms with E-state index in [-0.39, 0.29) is 5.02 Å². The third-order valence-electron chi connectivity index (χ3n) is 2.68. The van der Waals surface area contributed by atoms with Gasteiger partial charge in [-0.1, -0.05) is 17.7 Å². The Morgan fingerprint density at radius 3 is 3.05 bits per heavy atom. The fraction of sp³-hybridized carbons (Fsp3) is 0.385. The van der Waals surface area contributed by atoms with Gasteiger partial charge in [0.15, 0.2) is 5.82 Å². The van der Waals surface area contributed by atoms with Crippen LogP contribution in [0.15, 0.2) is 24.5 Å². The molecule has 7 heteroatoms. The summed E-state index contributed by atoms with van der Waals surface area (Å²) in [4.78, 5) is 4.19. The lowest BCUT2D eigenvalue weighted by Crippen LogP contribution is -2.19. The SMILES string of the molecule is COCCNCc1ncn(Cc2ccc(F)c(Cl)c2)n1. The third-order valence-corrected chi connectivity index (χ3v) is 2.97. The fourth-order valence-electron chi connectivity index (χ4n) is 1.69. The molecule has 1 N–H and O–H groups in total. The normalized spacial score (nSPS) is 10.9. The van der Waals surface area contributed by atoms with Crippen LogP contribution in [-0.2, 0) is 17.8 Å². The molecular formula is C13H16ClFN4O. The van der Waals surface area contributed by atoms with Crippen molar-refractivity contribution in [1.29, 1.82) is 0 Å². The monoisotopic (exact) mass is 298 g/mol. The number of hydrogen-bond donors (Lipinski definition) is 1. The number of methoxy groups -OCH3 is 1. The summed E-state index contributed by atoms with van der Waals surface area (Å²) in [7, 11) is 1.66. The minimum atomic E-state index is -0.419. The second-order valence-electron chi connectivity index (χ2n) is 4.28. The van der Waals surface area contributed by atoms with Crippen molar-refractivity contribution in [3.05, 3.63) is 46.8 Å². The lowest BCUT2D eigenvalue weighted by atomic mass is 10.2. The molecule has 20 heavy (non-hydrogen) atoms. The van der Waals surface area contributed by atoms with Crippen molar-refractivity contribution in [3.8, 4) is 0 Å². The van der Waals surface area contributed by atoms with E-state index in [1.165, 1.54) is 6.07 Å². The molecule has 0 unspecified atom stereocenters. The molecule has 0 bridgehead atoms. The molecule has 2 aromatic rings. The Morgan fingerprint density at radius 1 is 1.45 bits per heavy atom. The largest absolute Gasteiger partial charge is 0.383 e. The van der Waals surface area contributed by atoms with E-state index in [4.69, 9.17) is 16.3 Å². The summed E-state index contributed by atoms with van der Waals surface area (Å²) in [5.41, 5.74) is 0.875. The van der Waals surface area contributed by atoms with Gasteiger partial charge in [-0.05, 0) is 17.7 Å².